The Kier molecular flexibility index (Phi) is 5.28. The first-order valence-corrected chi connectivity index (χ1v) is 10.4. The molecule has 0 bridgehead atoms. The molecule has 170 valence electrons. The lowest BCUT2D eigenvalue weighted by atomic mass is 9.89. The third kappa shape index (κ3) is 3.64. The normalized spacial score (nSPS) is 26.6. The van der Waals surface area contributed by atoms with Crippen LogP contribution in [0.1, 0.15) is 48.4 Å². The molecule has 0 aromatic heterocycles. The summed E-state index contributed by atoms with van der Waals surface area (Å²) in [5, 5.41) is 0. The van der Waals surface area contributed by atoms with Crippen molar-refractivity contribution in [3.05, 3.63) is 35.4 Å². The number of esters is 2. The molecule has 2 fully saturated rings. The molecular weight excluding hydrogens is 420 g/mol. The number of amides is 3. The molecule has 10 nitrogen and oxygen atoms in total. The summed E-state index contributed by atoms with van der Waals surface area (Å²) in [6, 6.07) is 4.23. The fourth-order valence-corrected chi connectivity index (χ4v) is 4.13. The third-order valence-electron chi connectivity index (χ3n) is 5.42. The molecule has 2 saturated heterocycles. The average Bonchev–Trinajstić information content (AvgIpc) is 3.46. The number of fused-ring (bicyclic) bond motifs is 1. The number of carbonyl (C=O) groups excluding carboxylic acids is 5. The van der Waals surface area contributed by atoms with E-state index in [1.165, 1.54) is 17.0 Å². The molecule has 0 radical (unpaired) electrons. The number of nitrogens with zero attached hydrogens (tertiary/aromatic N) is 2. The molecule has 10 heteroatoms. The van der Waals surface area contributed by atoms with Crippen molar-refractivity contribution in [1.82, 2.24) is 9.80 Å². The Morgan fingerprint density at radius 2 is 1.66 bits per heavy atom. The Bertz CT molecular complexity index is 978. The first-order chi connectivity index (χ1) is 15.0. The molecule has 4 atom stereocenters. The molecule has 3 aliphatic heterocycles. The van der Waals surface area contributed by atoms with Crippen LogP contribution in [0.5, 0.6) is 0 Å². The van der Waals surface area contributed by atoms with Crippen molar-refractivity contribution in [3.8, 4) is 0 Å². The minimum atomic E-state index is -1.19. The van der Waals surface area contributed by atoms with Crippen LogP contribution in [0.3, 0.4) is 0 Å². The first-order valence-electron chi connectivity index (χ1n) is 10.4. The molecule has 1 aromatic carbocycles. The zero-order chi connectivity index (χ0) is 23.4. The van der Waals surface area contributed by atoms with Crippen LogP contribution in [0, 0.1) is 0 Å². The second-order valence-electron chi connectivity index (χ2n) is 8.79. The van der Waals surface area contributed by atoms with Crippen molar-refractivity contribution in [1.29, 1.82) is 0 Å². The van der Waals surface area contributed by atoms with Gasteiger partial charge < -0.3 is 19.1 Å². The van der Waals surface area contributed by atoms with Crippen LogP contribution < -0.4 is 0 Å². The molecule has 3 heterocycles. The number of rotatable bonds is 6. The van der Waals surface area contributed by atoms with Crippen LogP contribution in [0.4, 0.5) is 0 Å². The monoisotopic (exact) mass is 444 g/mol. The van der Waals surface area contributed by atoms with Gasteiger partial charge in [-0.25, -0.2) is 4.79 Å². The summed E-state index contributed by atoms with van der Waals surface area (Å²) < 4.78 is 15.7. The van der Waals surface area contributed by atoms with E-state index in [4.69, 9.17) is 14.2 Å². The highest BCUT2D eigenvalue weighted by Gasteiger charge is 2.66. The molecule has 0 unspecified atom stereocenters. The standard InChI is InChI=1S/C22H24N2O8/c1-5-30-21(29)17-16(31-17)14-15(20(28)23(14)10-13(25)32-22(2,3)4)24-18(26)11-8-6-7-9-12(11)19(24)27/h6-9,14-17H,5,10H2,1-4H3/t14-,15-,16+,17-/m0/s1. The molecule has 0 N–H and O–H groups in total. The molecule has 3 aliphatic rings. The number of hydrogen-bond donors (Lipinski definition) is 0. The Labute approximate surface area is 184 Å². The largest absolute Gasteiger partial charge is 0.464 e. The van der Waals surface area contributed by atoms with E-state index >= 15 is 0 Å². The van der Waals surface area contributed by atoms with Gasteiger partial charge in [0.1, 0.15) is 24.3 Å². The van der Waals surface area contributed by atoms with Crippen molar-refractivity contribution in [3.63, 3.8) is 0 Å². The molecule has 0 spiro atoms. The number of benzene rings is 1. The zero-order valence-corrected chi connectivity index (χ0v) is 18.2. The second-order valence-corrected chi connectivity index (χ2v) is 8.79. The van der Waals surface area contributed by atoms with E-state index < -0.39 is 66.1 Å². The van der Waals surface area contributed by atoms with Crippen LogP contribution in [-0.4, -0.2) is 82.5 Å². The number of hydrogen-bond acceptors (Lipinski definition) is 8. The topological polar surface area (TPSA) is 123 Å². The molecular formula is C22H24N2O8. The van der Waals surface area contributed by atoms with Crippen LogP contribution in [-0.2, 0) is 28.6 Å². The first kappa shape index (κ1) is 21.9. The maximum atomic E-state index is 13.0. The van der Waals surface area contributed by atoms with Crippen molar-refractivity contribution in [2.75, 3.05) is 13.2 Å². The summed E-state index contributed by atoms with van der Waals surface area (Å²) in [6.45, 7) is 6.50. The molecule has 4 rings (SSSR count). The van der Waals surface area contributed by atoms with Gasteiger partial charge in [0.25, 0.3) is 11.8 Å². The lowest BCUT2D eigenvalue weighted by Gasteiger charge is -2.48. The highest BCUT2D eigenvalue weighted by Crippen LogP contribution is 2.41. The maximum Gasteiger partial charge on any atom is 0.338 e. The van der Waals surface area contributed by atoms with Gasteiger partial charge >= 0.3 is 11.9 Å². The second kappa shape index (κ2) is 7.70. The number of β-lactam (4-membered cyclic amide) rings is 1. The molecule has 1 aromatic rings. The summed E-state index contributed by atoms with van der Waals surface area (Å²) in [6.07, 6.45) is -1.74. The number of ether oxygens (including phenoxy) is 3. The van der Waals surface area contributed by atoms with Gasteiger partial charge in [0.2, 0.25) is 5.91 Å². The summed E-state index contributed by atoms with van der Waals surface area (Å²) in [4.78, 5) is 65.4. The van der Waals surface area contributed by atoms with Gasteiger partial charge in [0.05, 0.1) is 23.8 Å². The summed E-state index contributed by atoms with van der Waals surface area (Å²) >= 11 is 0. The number of likely N-dealkylation sites (tertiary alicyclic amines) is 1. The predicted octanol–water partition coefficient (Wildman–Crippen LogP) is 0.534. The Morgan fingerprint density at radius 1 is 1.06 bits per heavy atom. The van der Waals surface area contributed by atoms with Gasteiger partial charge in [-0.05, 0) is 39.8 Å². The number of imide groups is 1. The summed E-state index contributed by atoms with van der Waals surface area (Å²) in [7, 11) is 0. The molecule has 32 heavy (non-hydrogen) atoms. The maximum absolute atomic E-state index is 13.0. The number of carbonyl (C=O) groups is 5. The van der Waals surface area contributed by atoms with E-state index in [0.29, 0.717) is 0 Å². The van der Waals surface area contributed by atoms with Crippen molar-refractivity contribution in [2.24, 2.45) is 0 Å². The van der Waals surface area contributed by atoms with E-state index in [1.54, 1.807) is 39.8 Å². The van der Waals surface area contributed by atoms with Gasteiger partial charge in [-0.3, -0.25) is 24.1 Å². The SMILES string of the molecule is CCOC(=O)[C@H]1O[C@@H]1[C@@H]1[C@H](N2C(=O)c3ccccc3C2=O)C(=O)N1CC(=O)OC(C)(C)C. The van der Waals surface area contributed by atoms with Gasteiger partial charge in [-0.2, -0.15) is 0 Å². The molecule has 3 amide bonds. The highest BCUT2D eigenvalue weighted by atomic mass is 16.6. The smallest absolute Gasteiger partial charge is 0.338 e. The minimum Gasteiger partial charge on any atom is -0.464 e. The Hall–Kier alpha value is -3.27. The van der Waals surface area contributed by atoms with Gasteiger partial charge in [0, 0.05) is 0 Å². The fraction of sp³-hybridized carbons (Fsp3) is 0.500. The van der Waals surface area contributed by atoms with Crippen LogP contribution >= 0.6 is 0 Å². The van der Waals surface area contributed by atoms with Gasteiger partial charge in [-0.15, -0.1) is 0 Å². The molecule has 0 aliphatic carbocycles. The quantitative estimate of drug-likeness (QED) is 0.270. The van der Waals surface area contributed by atoms with E-state index in [0.717, 1.165) is 4.90 Å². The number of epoxide rings is 1. The minimum absolute atomic E-state index is 0.151. The van der Waals surface area contributed by atoms with Crippen LogP contribution in [0.15, 0.2) is 24.3 Å². The van der Waals surface area contributed by atoms with E-state index in [1.807, 2.05) is 0 Å². The zero-order valence-electron chi connectivity index (χ0n) is 18.2. The third-order valence-corrected chi connectivity index (χ3v) is 5.42. The van der Waals surface area contributed by atoms with E-state index in [9.17, 15) is 24.0 Å². The highest BCUT2D eigenvalue weighted by molar-refractivity contribution is 6.23. The fourth-order valence-electron chi connectivity index (χ4n) is 4.13. The predicted molar refractivity (Wildman–Crippen MR) is 107 cm³/mol. The summed E-state index contributed by atoms with van der Waals surface area (Å²) in [5.74, 6) is -3.04. The molecule has 0 saturated carbocycles. The van der Waals surface area contributed by atoms with Crippen LogP contribution in [0.25, 0.3) is 0 Å². The Balaban J connectivity index is 1.59. The Morgan fingerprint density at radius 3 is 2.19 bits per heavy atom. The summed E-state index contributed by atoms with van der Waals surface area (Å²) in [5.41, 5.74) is -0.354. The van der Waals surface area contributed by atoms with Crippen molar-refractivity contribution in [2.45, 2.75) is 57.6 Å². The van der Waals surface area contributed by atoms with Gasteiger partial charge in [-0.1, -0.05) is 12.1 Å². The lowest BCUT2D eigenvalue weighted by Crippen LogP contribution is -2.74. The van der Waals surface area contributed by atoms with E-state index in [2.05, 4.69) is 0 Å². The van der Waals surface area contributed by atoms with Crippen molar-refractivity contribution < 1.29 is 38.2 Å². The van der Waals surface area contributed by atoms with E-state index in [-0.39, 0.29) is 17.7 Å². The lowest BCUT2D eigenvalue weighted by molar-refractivity contribution is -0.170. The van der Waals surface area contributed by atoms with Crippen LogP contribution in [0.2, 0.25) is 0 Å². The van der Waals surface area contributed by atoms with Gasteiger partial charge in [0.15, 0.2) is 6.10 Å². The average molecular weight is 444 g/mol. The van der Waals surface area contributed by atoms with Crippen molar-refractivity contribution >= 4 is 29.7 Å².